The lowest BCUT2D eigenvalue weighted by atomic mass is 9.87. The summed E-state index contributed by atoms with van der Waals surface area (Å²) in [6, 6.07) is 15.1. The molecule has 0 spiro atoms. The van der Waals surface area contributed by atoms with Gasteiger partial charge in [0.25, 0.3) is 5.91 Å². The third-order valence-corrected chi connectivity index (χ3v) is 6.19. The fourth-order valence-corrected chi connectivity index (χ4v) is 4.52. The van der Waals surface area contributed by atoms with Crippen LogP contribution in [0.15, 0.2) is 48.5 Å². The number of ether oxygens (including phenoxy) is 2. The van der Waals surface area contributed by atoms with Crippen molar-refractivity contribution in [2.75, 3.05) is 19.0 Å². The van der Waals surface area contributed by atoms with Crippen molar-refractivity contribution in [3.8, 4) is 16.9 Å². The summed E-state index contributed by atoms with van der Waals surface area (Å²) in [6.07, 6.45) is 0. The van der Waals surface area contributed by atoms with Crippen LogP contribution in [-0.4, -0.2) is 25.6 Å². The third kappa shape index (κ3) is 5.02. The average molecular weight is 452 g/mol. The first-order chi connectivity index (χ1) is 15.2. The van der Waals surface area contributed by atoms with Gasteiger partial charge in [0.2, 0.25) is 0 Å². The Morgan fingerprint density at radius 1 is 1.00 bits per heavy atom. The maximum absolute atomic E-state index is 12.9. The highest BCUT2D eigenvalue weighted by molar-refractivity contribution is 7.17. The summed E-state index contributed by atoms with van der Waals surface area (Å²) < 4.78 is 10.6. The topological polar surface area (TPSA) is 64.6 Å². The quantitative estimate of drug-likeness (QED) is 0.437. The van der Waals surface area contributed by atoms with Crippen molar-refractivity contribution in [2.24, 2.45) is 0 Å². The lowest BCUT2D eigenvalue weighted by Gasteiger charge is -2.19. The van der Waals surface area contributed by atoms with Crippen molar-refractivity contribution in [1.29, 1.82) is 0 Å². The van der Waals surface area contributed by atoms with Gasteiger partial charge in [0.1, 0.15) is 16.3 Å². The summed E-state index contributed by atoms with van der Waals surface area (Å²) in [7, 11) is 1.34. The molecule has 5 nitrogen and oxygen atoms in total. The van der Waals surface area contributed by atoms with Gasteiger partial charge in [-0.25, -0.2) is 4.79 Å². The molecule has 0 saturated heterocycles. The summed E-state index contributed by atoms with van der Waals surface area (Å²) in [5.41, 5.74) is 3.65. The second-order valence-electron chi connectivity index (χ2n) is 8.47. The molecule has 0 aliphatic rings. The van der Waals surface area contributed by atoms with Crippen LogP contribution >= 0.6 is 11.3 Å². The number of carbonyl (C=O) groups is 2. The minimum absolute atomic E-state index is 0.00451. The molecular formula is C26H29NO4S. The molecule has 0 unspecified atom stereocenters. The van der Waals surface area contributed by atoms with Gasteiger partial charge in [0.15, 0.2) is 0 Å². The van der Waals surface area contributed by atoms with Crippen LogP contribution in [0.25, 0.3) is 11.1 Å². The summed E-state index contributed by atoms with van der Waals surface area (Å²) >= 11 is 1.36. The van der Waals surface area contributed by atoms with Crippen molar-refractivity contribution >= 4 is 28.2 Å². The molecule has 32 heavy (non-hydrogen) atoms. The van der Waals surface area contributed by atoms with E-state index in [4.69, 9.17) is 9.47 Å². The Labute approximate surface area is 193 Å². The Morgan fingerprint density at radius 2 is 1.62 bits per heavy atom. The third-order valence-electron chi connectivity index (χ3n) is 5.17. The fourth-order valence-electron chi connectivity index (χ4n) is 3.46. The average Bonchev–Trinajstić information content (AvgIpc) is 3.09. The van der Waals surface area contributed by atoms with Gasteiger partial charge in [-0.3, -0.25) is 4.79 Å². The first-order valence-electron chi connectivity index (χ1n) is 10.5. The molecule has 0 radical (unpaired) electrons. The van der Waals surface area contributed by atoms with Crippen molar-refractivity contribution in [3.05, 3.63) is 70.1 Å². The normalized spacial score (nSPS) is 11.2. The van der Waals surface area contributed by atoms with E-state index in [0.29, 0.717) is 22.7 Å². The molecule has 0 aliphatic carbocycles. The molecule has 0 bridgehead atoms. The highest BCUT2D eigenvalue weighted by atomic mass is 32.1. The Kier molecular flexibility index (Phi) is 7.04. The van der Waals surface area contributed by atoms with E-state index in [-0.39, 0.29) is 11.3 Å². The predicted octanol–water partition coefficient (Wildman–Crippen LogP) is 6.46. The molecule has 168 valence electrons. The van der Waals surface area contributed by atoms with Crippen LogP contribution in [0, 0.1) is 6.92 Å². The van der Waals surface area contributed by atoms with Crippen LogP contribution in [0.5, 0.6) is 5.75 Å². The second-order valence-corrected chi connectivity index (χ2v) is 9.69. The molecule has 0 atom stereocenters. The number of carbonyl (C=O) groups excluding carboxylic acids is 2. The minimum Gasteiger partial charge on any atom is -0.494 e. The zero-order valence-electron chi connectivity index (χ0n) is 19.4. The molecular weight excluding hydrogens is 422 g/mol. The molecule has 6 heteroatoms. The molecule has 1 aromatic heterocycles. The fraction of sp³-hybridized carbons (Fsp3) is 0.308. The van der Waals surface area contributed by atoms with E-state index < -0.39 is 5.97 Å². The van der Waals surface area contributed by atoms with Crippen LogP contribution in [0.4, 0.5) is 5.00 Å². The Morgan fingerprint density at radius 3 is 2.16 bits per heavy atom. The Bertz CT molecular complexity index is 1110. The Hall–Kier alpha value is -3.12. The number of methoxy groups -OCH3 is 1. The molecule has 3 rings (SSSR count). The molecule has 3 aromatic rings. The van der Waals surface area contributed by atoms with E-state index in [9.17, 15) is 9.59 Å². The SMILES string of the molecule is CCOc1ccc(-c2c(C)sc(NC(=O)c3ccc(C(C)(C)C)cc3)c2C(=O)OC)cc1. The number of nitrogens with one attached hydrogen (secondary N) is 1. The van der Waals surface area contributed by atoms with Gasteiger partial charge in [-0.15, -0.1) is 11.3 Å². The molecule has 1 amide bonds. The predicted molar refractivity (Wildman–Crippen MR) is 130 cm³/mol. The van der Waals surface area contributed by atoms with Crippen LogP contribution < -0.4 is 10.1 Å². The van der Waals surface area contributed by atoms with Crippen molar-refractivity contribution < 1.29 is 19.1 Å². The van der Waals surface area contributed by atoms with Gasteiger partial charge in [-0.2, -0.15) is 0 Å². The van der Waals surface area contributed by atoms with Crippen LogP contribution in [0.3, 0.4) is 0 Å². The number of hydrogen-bond acceptors (Lipinski definition) is 5. The van der Waals surface area contributed by atoms with Crippen LogP contribution in [-0.2, 0) is 10.2 Å². The smallest absolute Gasteiger partial charge is 0.341 e. The van der Waals surface area contributed by atoms with E-state index in [1.807, 2.05) is 62.4 Å². The highest BCUT2D eigenvalue weighted by Gasteiger charge is 2.25. The van der Waals surface area contributed by atoms with E-state index in [1.54, 1.807) is 0 Å². The van der Waals surface area contributed by atoms with Crippen LogP contribution in [0.2, 0.25) is 0 Å². The molecule has 0 saturated carbocycles. The number of hydrogen-bond donors (Lipinski definition) is 1. The number of benzene rings is 2. The van der Waals surface area contributed by atoms with Gasteiger partial charge in [-0.05, 0) is 54.7 Å². The monoisotopic (exact) mass is 451 g/mol. The second kappa shape index (κ2) is 9.57. The number of aryl methyl sites for hydroxylation is 1. The summed E-state index contributed by atoms with van der Waals surface area (Å²) in [5, 5.41) is 3.39. The van der Waals surface area contributed by atoms with E-state index >= 15 is 0 Å². The maximum atomic E-state index is 12.9. The first kappa shape index (κ1) is 23.5. The molecule has 2 aromatic carbocycles. The molecule has 1 N–H and O–H groups in total. The van der Waals surface area contributed by atoms with Gasteiger partial charge >= 0.3 is 5.97 Å². The van der Waals surface area contributed by atoms with Gasteiger partial charge in [0.05, 0.1) is 13.7 Å². The van der Waals surface area contributed by atoms with E-state index in [1.165, 1.54) is 18.4 Å². The van der Waals surface area contributed by atoms with Crippen molar-refractivity contribution in [2.45, 2.75) is 40.0 Å². The zero-order valence-corrected chi connectivity index (χ0v) is 20.2. The van der Waals surface area contributed by atoms with E-state index in [0.717, 1.165) is 27.3 Å². The number of amides is 1. The maximum Gasteiger partial charge on any atom is 0.341 e. The number of rotatable bonds is 6. The lowest BCUT2D eigenvalue weighted by Crippen LogP contribution is -2.15. The lowest BCUT2D eigenvalue weighted by molar-refractivity contribution is 0.0603. The Balaban J connectivity index is 1.95. The minimum atomic E-state index is -0.489. The van der Waals surface area contributed by atoms with Crippen molar-refractivity contribution in [3.63, 3.8) is 0 Å². The highest BCUT2D eigenvalue weighted by Crippen LogP contribution is 2.41. The number of esters is 1. The van der Waals surface area contributed by atoms with Gasteiger partial charge in [0, 0.05) is 16.0 Å². The zero-order chi connectivity index (χ0) is 23.5. The molecule has 1 heterocycles. The van der Waals surface area contributed by atoms with Crippen molar-refractivity contribution in [1.82, 2.24) is 0 Å². The number of anilines is 1. The summed E-state index contributed by atoms with van der Waals surface area (Å²) in [4.78, 5) is 26.5. The first-order valence-corrected chi connectivity index (χ1v) is 11.3. The summed E-state index contributed by atoms with van der Waals surface area (Å²) in [6.45, 7) is 10.8. The molecule has 0 aliphatic heterocycles. The number of thiophene rings is 1. The van der Waals surface area contributed by atoms with Gasteiger partial charge in [-0.1, -0.05) is 45.0 Å². The van der Waals surface area contributed by atoms with Gasteiger partial charge < -0.3 is 14.8 Å². The largest absolute Gasteiger partial charge is 0.494 e. The summed E-state index contributed by atoms with van der Waals surface area (Å²) in [5.74, 6) is 0.00250. The van der Waals surface area contributed by atoms with Crippen LogP contribution in [0.1, 0.15) is 58.9 Å². The standard InChI is InChI=1S/C26H29NO4S/c1-7-31-20-14-10-17(11-15-20)21-16(2)32-24(22(21)25(29)30-6)27-23(28)18-8-12-19(13-9-18)26(3,4)5/h8-15H,7H2,1-6H3,(H,27,28). The van der Waals surface area contributed by atoms with E-state index in [2.05, 4.69) is 26.1 Å². The molecule has 0 fully saturated rings.